The van der Waals surface area contributed by atoms with Crippen LogP contribution in [0.1, 0.15) is 21.5 Å². The molecule has 0 saturated carbocycles. The Kier molecular flexibility index (Phi) is 7.16. The lowest BCUT2D eigenvalue weighted by Crippen LogP contribution is -2.27. The van der Waals surface area contributed by atoms with E-state index >= 15 is 0 Å². The van der Waals surface area contributed by atoms with Gasteiger partial charge in [0.15, 0.2) is 0 Å². The van der Waals surface area contributed by atoms with Crippen molar-refractivity contribution in [3.05, 3.63) is 56.7 Å². The summed E-state index contributed by atoms with van der Waals surface area (Å²) in [7, 11) is -2.21. The van der Waals surface area contributed by atoms with E-state index in [-0.39, 0.29) is 24.0 Å². The van der Waals surface area contributed by atoms with Crippen LogP contribution in [0.2, 0.25) is 0 Å². The van der Waals surface area contributed by atoms with Gasteiger partial charge in [-0.1, -0.05) is 12.1 Å². The minimum atomic E-state index is -3.70. The van der Waals surface area contributed by atoms with Crippen molar-refractivity contribution in [2.45, 2.75) is 18.7 Å². The molecule has 0 spiro atoms. The van der Waals surface area contributed by atoms with Crippen LogP contribution in [0.25, 0.3) is 0 Å². The summed E-state index contributed by atoms with van der Waals surface area (Å²) in [5.74, 6) is -0.351. The molecule has 0 bridgehead atoms. The van der Waals surface area contributed by atoms with E-state index in [0.717, 1.165) is 9.13 Å². The number of ether oxygens (including phenoxy) is 1. The van der Waals surface area contributed by atoms with Crippen LogP contribution in [-0.2, 0) is 14.8 Å². The first kappa shape index (κ1) is 20.8. The van der Waals surface area contributed by atoms with Crippen LogP contribution in [0, 0.1) is 17.4 Å². The van der Waals surface area contributed by atoms with E-state index in [2.05, 4.69) is 32.6 Å². The van der Waals surface area contributed by atoms with Crippen LogP contribution in [0.15, 0.2) is 41.3 Å². The van der Waals surface area contributed by atoms with Crippen molar-refractivity contribution in [3.63, 3.8) is 0 Å². The quantitative estimate of drug-likeness (QED) is 0.464. The number of carbonyl (C=O) groups excluding carboxylic acids is 1. The van der Waals surface area contributed by atoms with Gasteiger partial charge in [0.05, 0.1) is 11.5 Å². The molecule has 8 heteroatoms. The number of hydrogen-bond acceptors (Lipinski definition) is 4. The number of benzene rings is 2. The molecule has 1 amide bonds. The van der Waals surface area contributed by atoms with Crippen LogP contribution in [0.4, 0.5) is 5.69 Å². The summed E-state index contributed by atoms with van der Waals surface area (Å²) in [6.07, 6.45) is 0. The average Bonchev–Trinajstić information content (AvgIpc) is 2.58. The van der Waals surface area contributed by atoms with Gasteiger partial charge >= 0.3 is 0 Å². The Morgan fingerprint density at radius 1 is 1.12 bits per heavy atom. The van der Waals surface area contributed by atoms with E-state index in [1.807, 2.05) is 25.1 Å². The van der Waals surface area contributed by atoms with Crippen molar-refractivity contribution in [1.29, 1.82) is 0 Å². The Morgan fingerprint density at radius 3 is 2.46 bits per heavy atom. The van der Waals surface area contributed by atoms with Gasteiger partial charge in [0.2, 0.25) is 10.0 Å². The second kappa shape index (κ2) is 8.94. The number of sulfonamides is 1. The van der Waals surface area contributed by atoms with Crippen molar-refractivity contribution in [2.24, 2.45) is 0 Å². The highest BCUT2D eigenvalue weighted by Gasteiger charge is 2.18. The Labute approximate surface area is 167 Å². The zero-order valence-corrected chi connectivity index (χ0v) is 17.8. The molecule has 0 aliphatic carbocycles. The Hall–Kier alpha value is -1.49. The molecule has 6 nitrogen and oxygen atoms in total. The lowest BCUT2D eigenvalue weighted by Gasteiger charge is -2.12. The summed E-state index contributed by atoms with van der Waals surface area (Å²) >= 11 is 2.20. The van der Waals surface area contributed by atoms with Gasteiger partial charge in [0.1, 0.15) is 0 Å². The molecule has 0 saturated heterocycles. The molecule has 2 N–H and O–H groups in total. The van der Waals surface area contributed by atoms with Gasteiger partial charge in [-0.2, -0.15) is 0 Å². The molecule has 0 aliphatic heterocycles. The third kappa shape index (κ3) is 5.26. The number of rotatable bonds is 7. The molecule has 0 aromatic heterocycles. The molecule has 0 aliphatic rings. The largest absolute Gasteiger partial charge is 0.383 e. The van der Waals surface area contributed by atoms with Crippen LogP contribution >= 0.6 is 22.6 Å². The van der Waals surface area contributed by atoms with E-state index in [0.29, 0.717) is 16.8 Å². The number of anilines is 1. The number of aryl methyl sites for hydroxylation is 2. The predicted octanol–water partition coefficient (Wildman–Crippen LogP) is 3.09. The minimum absolute atomic E-state index is 0.0443. The van der Waals surface area contributed by atoms with Gasteiger partial charge in [0.25, 0.3) is 5.91 Å². The fraction of sp³-hybridized carbons (Fsp3) is 0.278. The second-order valence-electron chi connectivity index (χ2n) is 5.79. The van der Waals surface area contributed by atoms with E-state index < -0.39 is 10.0 Å². The average molecular weight is 488 g/mol. The molecule has 0 radical (unpaired) electrons. The highest BCUT2D eigenvalue weighted by molar-refractivity contribution is 14.1. The molecule has 0 heterocycles. The van der Waals surface area contributed by atoms with Crippen molar-refractivity contribution in [3.8, 4) is 0 Å². The number of methoxy groups -OCH3 is 1. The van der Waals surface area contributed by atoms with Crippen molar-refractivity contribution in [1.82, 2.24) is 4.72 Å². The molecule has 2 aromatic rings. The van der Waals surface area contributed by atoms with E-state index in [1.165, 1.54) is 19.2 Å². The highest BCUT2D eigenvalue weighted by Crippen LogP contribution is 2.20. The summed E-state index contributed by atoms with van der Waals surface area (Å²) in [6, 6.07) is 10.1. The van der Waals surface area contributed by atoms with Gasteiger partial charge in [-0.15, -0.1) is 0 Å². The molecule has 0 unspecified atom stereocenters. The summed E-state index contributed by atoms with van der Waals surface area (Å²) in [5, 5.41) is 2.82. The molecule has 26 heavy (non-hydrogen) atoms. The van der Waals surface area contributed by atoms with Crippen LogP contribution in [0.3, 0.4) is 0 Å². The van der Waals surface area contributed by atoms with Crippen molar-refractivity contribution < 1.29 is 17.9 Å². The standard InChI is InChI=1S/C18H21IN2O4S/c1-12-5-7-15(26(23,24)20-8-9-25-3)11-16(12)18(22)21-14-6-4-13(2)17(19)10-14/h4-7,10-11,20H,8-9H2,1-3H3,(H,21,22). The van der Waals surface area contributed by atoms with Crippen LogP contribution in [-0.4, -0.2) is 34.6 Å². The number of carbonyl (C=O) groups is 1. The zero-order valence-electron chi connectivity index (χ0n) is 14.8. The summed E-state index contributed by atoms with van der Waals surface area (Å²) in [4.78, 5) is 12.7. The lowest BCUT2D eigenvalue weighted by atomic mass is 10.1. The molecular weight excluding hydrogens is 467 g/mol. The smallest absolute Gasteiger partial charge is 0.255 e. The SMILES string of the molecule is COCCNS(=O)(=O)c1ccc(C)c(C(=O)Nc2ccc(C)c(I)c2)c1. The first-order valence-corrected chi connectivity index (χ1v) is 10.5. The summed E-state index contributed by atoms with van der Waals surface area (Å²) in [5.41, 5.74) is 2.79. The normalized spacial score (nSPS) is 11.4. The maximum atomic E-state index is 12.6. The van der Waals surface area contributed by atoms with Crippen molar-refractivity contribution >= 4 is 44.2 Å². The van der Waals surface area contributed by atoms with Gasteiger partial charge in [-0.05, 0) is 71.8 Å². The molecule has 140 valence electrons. The van der Waals surface area contributed by atoms with E-state index in [4.69, 9.17) is 4.74 Å². The van der Waals surface area contributed by atoms with Gasteiger partial charge in [-0.3, -0.25) is 4.79 Å². The van der Waals surface area contributed by atoms with E-state index in [9.17, 15) is 13.2 Å². The Balaban J connectivity index is 2.25. The lowest BCUT2D eigenvalue weighted by molar-refractivity contribution is 0.102. The fourth-order valence-corrected chi connectivity index (χ4v) is 3.80. The van der Waals surface area contributed by atoms with Crippen LogP contribution < -0.4 is 10.0 Å². The number of hydrogen-bond donors (Lipinski definition) is 2. The molecule has 0 atom stereocenters. The van der Waals surface area contributed by atoms with Crippen molar-refractivity contribution in [2.75, 3.05) is 25.6 Å². The Morgan fingerprint density at radius 2 is 1.81 bits per heavy atom. The van der Waals surface area contributed by atoms with Gasteiger partial charge < -0.3 is 10.1 Å². The topological polar surface area (TPSA) is 84.5 Å². The third-order valence-electron chi connectivity index (χ3n) is 3.79. The number of nitrogens with one attached hydrogen (secondary N) is 2. The fourth-order valence-electron chi connectivity index (χ4n) is 2.24. The Bertz CT molecular complexity index is 913. The predicted molar refractivity (Wildman–Crippen MR) is 110 cm³/mol. The maximum absolute atomic E-state index is 12.6. The first-order chi connectivity index (χ1) is 12.2. The highest BCUT2D eigenvalue weighted by atomic mass is 127. The summed E-state index contributed by atoms with van der Waals surface area (Å²) in [6.45, 7) is 4.19. The number of amides is 1. The monoisotopic (exact) mass is 488 g/mol. The maximum Gasteiger partial charge on any atom is 0.255 e. The van der Waals surface area contributed by atoms with E-state index in [1.54, 1.807) is 13.0 Å². The summed E-state index contributed by atoms with van der Waals surface area (Å²) < 4.78 is 33.0. The van der Waals surface area contributed by atoms with Crippen LogP contribution in [0.5, 0.6) is 0 Å². The van der Waals surface area contributed by atoms with Gasteiger partial charge in [-0.25, -0.2) is 13.1 Å². The zero-order chi connectivity index (χ0) is 19.3. The second-order valence-corrected chi connectivity index (χ2v) is 8.71. The van der Waals surface area contributed by atoms with Gasteiger partial charge in [0, 0.05) is 28.5 Å². The molecule has 2 aromatic carbocycles. The minimum Gasteiger partial charge on any atom is -0.383 e. The molecule has 2 rings (SSSR count). The third-order valence-corrected chi connectivity index (χ3v) is 6.41. The first-order valence-electron chi connectivity index (χ1n) is 7.91. The number of halogens is 1. The molecular formula is C18H21IN2O4S. The molecule has 0 fully saturated rings.